The number of hydrogen-bond acceptors (Lipinski definition) is 6. The van der Waals surface area contributed by atoms with Crippen molar-refractivity contribution in [2.75, 3.05) is 20.2 Å². The van der Waals surface area contributed by atoms with Crippen molar-refractivity contribution in [3.05, 3.63) is 30.2 Å². The maximum absolute atomic E-state index is 12.5. The summed E-state index contributed by atoms with van der Waals surface area (Å²) in [5.74, 6) is 2.09. The summed E-state index contributed by atoms with van der Waals surface area (Å²) in [5, 5.41) is 7.41. The molecule has 7 heteroatoms. The molecule has 2 atom stereocenters. The highest BCUT2D eigenvalue weighted by Crippen LogP contribution is 2.20. The zero-order valence-electron chi connectivity index (χ0n) is 15.6. The molecule has 0 bridgehead atoms. The highest BCUT2D eigenvalue weighted by molar-refractivity contribution is 5.76. The number of ether oxygens (including phenoxy) is 1. The van der Waals surface area contributed by atoms with Crippen LogP contribution in [-0.4, -0.2) is 53.2 Å². The fraction of sp³-hybridized carbons (Fsp3) is 0.526. The molecular formula is C19H26N4O3. The van der Waals surface area contributed by atoms with Gasteiger partial charge in [-0.15, -0.1) is 0 Å². The van der Waals surface area contributed by atoms with E-state index >= 15 is 0 Å². The summed E-state index contributed by atoms with van der Waals surface area (Å²) in [6, 6.07) is 8.06. The number of nitrogens with zero attached hydrogens (tertiary/aromatic N) is 3. The molecule has 1 saturated heterocycles. The van der Waals surface area contributed by atoms with Gasteiger partial charge in [0.25, 0.3) is 0 Å². The van der Waals surface area contributed by atoms with Gasteiger partial charge in [-0.25, -0.2) is 0 Å². The Kier molecular flexibility index (Phi) is 5.88. The quantitative estimate of drug-likeness (QED) is 0.853. The molecule has 0 spiro atoms. The van der Waals surface area contributed by atoms with Crippen LogP contribution in [0.4, 0.5) is 0 Å². The predicted octanol–water partition coefficient (Wildman–Crippen LogP) is 2.28. The van der Waals surface area contributed by atoms with Crippen molar-refractivity contribution in [2.24, 2.45) is 0 Å². The van der Waals surface area contributed by atoms with Crippen LogP contribution in [0.5, 0.6) is 5.75 Å². The van der Waals surface area contributed by atoms with E-state index in [1.807, 2.05) is 29.2 Å². The smallest absolute Gasteiger partial charge is 0.226 e. The van der Waals surface area contributed by atoms with E-state index in [9.17, 15) is 4.79 Å². The van der Waals surface area contributed by atoms with Gasteiger partial charge in [-0.3, -0.25) is 4.79 Å². The molecule has 140 valence electrons. The number of rotatable bonds is 6. The van der Waals surface area contributed by atoms with Crippen LogP contribution >= 0.6 is 0 Å². The number of aryl methyl sites for hydroxylation is 1. The van der Waals surface area contributed by atoms with Crippen LogP contribution in [0, 0.1) is 0 Å². The van der Waals surface area contributed by atoms with Crippen LogP contribution in [-0.2, 0) is 11.2 Å². The van der Waals surface area contributed by atoms with Crippen molar-refractivity contribution >= 4 is 5.91 Å². The van der Waals surface area contributed by atoms with E-state index in [2.05, 4.69) is 29.3 Å². The summed E-state index contributed by atoms with van der Waals surface area (Å²) in [6.07, 6.45) is 1.80. The Labute approximate surface area is 153 Å². The molecule has 2 heterocycles. The molecular weight excluding hydrogens is 332 g/mol. The number of piperazine rings is 1. The predicted molar refractivity (Wildman–Crippen MR) is 97.9 cm³/mol. The summed E-state index contributed by atoms with van der Waals surface area (Å²) < 4.78 is 10.5. The molecule has 2 unspecified atom stereocenters. The normalized spacial score (nSPS) is 20.2. The number of methoxy groups -OCH3 is 1. The number of amides is 1. The second kappa shape index (κ2) is 8.31. The SMILES string of the molecule is COc1ccc(-c2noc(CCCC(=O)N3CCNC(C)C3C)n2)cc1. The number of hydrogen-bond donors (Lipinski definition) is 1. The fourth-order valence-electron chi connectivity index (χ4n) is 3.16. The first-order chi connectivity index (χ1) is 12.6. The third-order valence-electron chi connectivity index (χ3n) is 4.95. The van der Waals surface area contributed by atoms with E-state index in [1.165, 1.54) is 0 Å². The Morgan fingerprint density at radius 2 is 2.12 bits per heavy atom. The number of nitrogens with one attached hydrogen (secondary N) is 1. The lowest BCUT2D eigenvalue weighted by Gasteiger charge is -2.38. The van der Waals surface area contributed by atoms with Gasteiger partial charge in [-0.05, 0) is 44.5 Å². The molecule has 1 aliphatic rings. The van der Waals surface area contributed by atoms with Gasteiger partial charge < -0.3 is 19.5 Å². The highest BCUT2D eigenvalue weighted by Gasteiger charge is 2.27. The van der Waals surface area contributed by atoms with Crippen LogP contribution in [0.2, 0.25) is 0 Å². The largest absolute Gasteiger partial charge is 0.497 e. The molecule has 3 rings (SSSR count). The van der Waals surface area contributed by atoms with E-state index in [4.69, 9.17) is 9.26 Å². The van der Waals surface area contributed by atoms with Crippen LogP contribution in [0.1, 0.15) is 32.6 Å². The first-order valence-electron chi connectivity index (χ1n) is 9.08. The van der Waals surface area contributed by atoms with E-state index in [0.29, 0.717) is 37.0 Å². The Bertz CT molecular complexity index is 729. The molecule has 1 fully saturated rings. The van der Waals surface area contributed by atoms with E-state index < -0.39 is 0 Å². The summed E-state index contributed by atoms with van der Waals surface area (Å²) in [6.45, 7) is 5.83. The Morgan fingerprint density at radius 1 is 1.35 bits per heavy atom. The molecule has 0 aliphatic carbocycles. The number of aromatic nitrogens is 2. The van der Waals surface area contributed by atoms with Crippen LogP contribution in [0.25, 0.3) is 11.4 Å². The van der Waals surface area contributed by atoms with Crippen LogP contribution in [0.15, 0.2) is 28.8 Å². The Morgan fingerprint density at radius 3 is 2.85 bits per heavy atom. The number of carbonyl (C=O) groups excluding carboxylic acids is 1. The maximum Gasteiger partial charge on any atom is 0.226 e. The summed E-state index contributed by atoms with van der Waals surface area (Å²) in [4.78, 5) is 18.8. The second-order valence-electron chi connectivity index (χ2n) is 6.66. The number of carbonyl (C=O) groups is 1. The van der Waals surface area contributed by atoms with Crippen molar-refractivity contribution in [1.82, 2.24) is 20.4 Å². The first kappa shape index (κ1) is 18.4. The average Bonchev–Trinajstić information content (AvgIpc) is 3.13. The molecule has 1 aromatic carbocycles. The second-order valence-corrected chi connectivity index (χ2v) is 6.66. The van der Waals surface area contributed by atoms with Crippen molar-refractivity contribution in [2.45, 2.75) is 45.2 Å². The van der Waals surface area contributed by atoms with Gasteiger partial charge in [0.1, 0.15) is 5.75 Å². The minimum absolute atomic E-state index is 0.195. The molecule has 1 amide bonds. The summed E-state index contributed by atoms with van der Waals surface area (Å²) >= 11 is 0. The average molecular weight is 358 g/mol. The van der Waals surface area contributed by atoms with Gasteiger partial charge in [-0.2, -0.15) is 4.98 Å². The minimum atomic E-state index is 0.195. The molecule has 1 aliphatic heterocycles. The standard InChI is InChI=1S/C19H26N4O3/c1-13-14(2)23(12-11-20-13)18(24)6-4-5-17-21-19(22-26-17)15-7-9-16(25-3)10-8-15/h7-10,13-14,20H,4-6,11-12H2,1-3H3. The molecule has 2 aromatic rings. The van der Waals surface area contributed by atoms with Crippen LogP contribution in [0.3, 0.4) is 0 Å². The lowest BCUT2D eigenvalue weighted by atomic mass is 10.1. The molecule has 1 aromatic heterocycles. The third kappa shape index (κ3) is 4.22. The molecule has 0 saturated carbocycles. The molecule has 0 radical (unpaired) electrons. The van der Waals surface area contributed by atoms with Gasteiger partial charge in [0.05, 0.1) is 7.11 Å². The lowest BCUT2D eigenvalue weighted by molar-refractivity contribution is -0.134. The van der Waals surface area contributed by atoms with E-state index in [0.717, 1.165) is 24.4 Å². The van der Waals surface area contributed by atoms with Crippen LogP contribution < -0.4 is 10.1 Å². The van der Waals surface area contributed by atoms with Crippen molar-refractivity contribution in [3.63, 3.8) is 0 Å². The summed E-state index contributed by atoms with van der Waals surface area (Å²) in [7, 11) is 1.63. The van der Waals surface area contributed by atoms with Crippen molar-refractivity contribution in [3.8, 4) is 17.1 Å². The molecule has 7 nitrogen and oxygen atoms in total. The van der Waals surface area contributed by atoms with Gasteiger partial charge in [0.15, 0.2) is 0 Å². The van der Waals surface area contributed by atoms with Crippen molar-refractivity contribution in [1.29, 1.82) is 0 Å². The third-order valence-corrected chi connectivity index (χ3v) is 4.95. The van der Waals surface area contributed by atoms with Crippen molar-refractivity contribution < 1.29 is 14.1 Å². The Hall–Kier alpha value is -2.41. The monoisotopic (exact) mass is 358 g/mol. The first-order valence-corrected chi connectivity index (χ1v) is 9.08. The van der Waals surface area contributed by atoms with Gasteiger partial charge in [-0.1, -0.05) is 5.16 Å². The van der Waals surface area contributed by atoms with Gasteiger partial charge in [0, 0.05) is 43.6 Å². The summed E-state index contributed by atoms with van der Waals surface area (Å²) in [5.41, 5.74) is 0.875. The zero-order chi connectivity index (χ0) is 18.5. The lowest BCUT2D eigenvalue weighted by Crippen LogP contribution is -2.57. The Balaban J connectivity index is 1.51. The number of benzene rings is 1. The van der Waals surface area contributed by atoms with E-state index in [1.54, 1.807) is 7.11 Å². The topological polar surface area (TPSA) is 80.5 Å². The van der Waals surface area contributed by atoms with Gasteiger partial charge >= 0.3 is 0 Å². The molecule has 26 heavy (non-hydrogen) atoms. The minimum Gasteiger partial charge on any atom is -0.497 e. The molecule has 1 N–H and O–H groups in total. The maximum atomic E-state index is 12.5. The zero-order valence-corrected chi connectivity index (χ0v) is 15.6. The highest BCUT2D eigenvalue weighted by atomic mass is 16.5. The fourth-order valence-corrected chi connectivity index (χ4v) is 3.16. The van der Waals surface area contributed by atoms with E-state index in [-0.39, 0.29) is 11.9 Å². The van der Waals surface area contributed by atoms with Gasteiger partial charge in [0.2, 0.25) is 17.6 Å².